The number of hydrogen-bond acceptors (Lipinski definition) is 3. The fraction of sp³-hybridized carbons (Fsp3) is 0.160. The predicted molar refractivity (Wildman–Crippen MR) is 124 cm³/mol. The van der Waals surface area contributed by atoms with Crippen molar-refractivity contribution in [3.05, 3.63) is 89.5 Å². The van der Waals surface area contributed by atoms with Crippen LogP contribution in [0.3, 0.4) is 0 Å². The van der Waals surface area contributed by atoms with E-state index in [1.54, 1.807) is 11.8 Å². The van der Waals surface area contributed by atoms with Crippen molar-refractivity contribution in [2.45, 2.75) is 12.5 Å². The van der Waals surface area contributed by atoms with Crippen LogP contribution in [0.5, 0.6) is 0 Å². The van der Waals surface area contributed by atoms with Crippen LogP contribution in [0.4, 0.5) is 0 Å². The number of nitrogens with zero attached hydrogens (tertiary/aromatic N) is 3. The molecule has 3 heterocycles. The van der Waals surface area contributed by atoms with Crippen LogP contribution < -0.4 is 0 Å². The van der Waals surface area contributed by atoms with Gasteiger partial charge in [0, 0.05) is 36.1 Å². The molecule has 0 saturated heterocycles. The van der Waals surface area contributed by atoms with Crippen molar-refractivity contribution in [2.75, 3.05) is 6.54 Å². The average Bonchev–Trinajstić information content (AvgIpc) is 3.41. The van der Waals surface area contributed by atoms with Crippen molar-refractivity contribution >= 4 is 44.3 Å². The molecule has 3 nitrogen and oxygen atoms in total. The van der Waals surface area contributed by atoms with Gasteiger partial charge >= 0.3 is 0 Å². The van der Waals surface area contributed by atoms with E-state index in [2.05, 4.69) is 94.8 Å². The third kappa shape index (κ3) is 2.78. The molecule has 2 aliphatic rings. The van der Waals surface area contributed by atoms with E-state index < -0.39 is 0 Å². The molecule has 3 aromatic carbocycles. The minimum Gasteiger partial charge on any atom is -0.350 e. The first-order chi connectivity index (χ1) is 14.3. The lowest BCUT2D eigenvalue weighted by Gasteiger charge is -2.19. The van der Waals surface area contributed by atoms with Gasteiger partial charge in [0.2, 0.25) is 0 Å². The van der Waals surface area contributed by atoms with Crippen molar-refractivity contribution in [3.63, 3.8) is 0 Å². The second kappa shape index (κ2) is 6.53. The summed E-state index contributed by atoms with van der Waals surface area (Å²) < 4.78 is 2.23. The van der Waals surface area contributed by atoms with E-state index in [0.717, 1.165) is 18.1 Å². The average molecular weight is 396 g/mol. The number of benzene rings is 3. The quantitative estimate of drug-likeness (QED) is 0.446. The van der Waals surface area contributed by atoms with Crippen LogP contribution in [0.1, 0.15) is 11.1 Å². The van der Waals surface area contributed by atoms with E-state index >= 15 is 0 Å². The van der Waals surface area contributed by atoms with Crippen LogP contribution in [0, 0.1) is 0 Å². The Balaban J connectivity index is 1.27. The second-order valence-corrected chi connectivity index (χ2v) is 8.68. The first kappa shape index (κ1) is 16.9. The van der Waals surface area contributed by atoms with Gasteiger partial charge in [-0.15, -0.1) is 0 Å². The van der Waals surface area contributed by atoms with Gasteiger partial charge in [-0.3, -0.25) is 4.99 Å². The van der Waals surface area contributed by atoms with Gasteiger partial charge in [0.25, 0.3) is 0 Å². The molecule has 0 aliphatic carbocycles. The van der Waals surface area contributed by atoms with Gasteiger partial charge in [0.1, 0.15) is 0 Å². The fourth-order valence-corrected chi connectivity index (χ4v) is 5.54. The van der Waals surface area contributed by atoms with Crippen molar-refractivity contribution in [1.29, 1.82) is 0 Å². The molecular formula is C25H21N3S. The highest BCUT2D eigenvalue weighted by Gasteiger charge is 2.32. The number of fused-ring (bicyclic) bond motifs is 3. The predicted octanol–water partition coefficient (Wildman–Crippen LogP) is 5.66. The summed E-state index contributed by atoms with van der Waals surface area (Å²) in [5.74, 6) is 0. The Kier molecular flexibility index (Phi) is 3.81. The zero-order chi connectivity index (χ0) is 19.4. The fourth-order valence-electron chi connectivity index (χ4n) is 4.55. The van der Waals surface area contributed by atoms with Crippen molar-refractivity contribution < 1.29 is 0 Å². The van der Waals surface area contributed by atoms with E-state index in [4.69, 9.17) is 4.99 Å². The number of rotatable bonds is 3. The smallest absolute Gasteiger partial charge is 0.168 e. The maximum Gasteiger partial charge on any atom is 0.168 e. The number of aliphatic imine (C=N–C) groups is 1. The van der Waals surface area contributed by atoms with Gasteiger partial charge in [-0.25, -0.2) is 0 Å². The van der Waals surface area contributed by atoms with Crippen LogP contribution in [-0.4, -0.2) is 27.2 Å². The standard InChI is InChI=1S/C25H21N3S/c1-27-14-20(22-8-4-5-9-23(22)27)13-21-15-28-24(16-29-25(28)26-21)19-11-10-17-6-2-3-7-18(17)12-19/h2-12,14,16,21H,13,15H2,1H3/t21-/m1/s1. The number of hydrogen-bond donors (Lipinski definition) is 0. The van der Waals surface area contributed by atoms with Crippen molar-refractivity contribution in [1.82, 2.24) is 9.47 Å². The van der Waals surface area contributed by atoms with Gasteiger partial charge in [-0.1, -0.05) is 66.4 Å². The zero-order valence-corrected chi connectivity index (χ0v) is 17.1. The summed E-state index contributed by atoms with van der Waals surface area (Å²) in [6.07, 6.45) is 3.24. The molecule has 0 saturated carbocycles. The molecule has 0 amide bonds. The van der Waals surface area contributed by atoms with Crippen molar-refractivity contribution in [3.8, 4) is 0 Å². The van der Waals surface area contributed by atoms with Gasteiger partial charge < -0.3 is 9.47 Å². The Morgan fingerprint density at radius 3 is 2.76 bits per heavy atom. The van der Waals surface area contributed by atoms with Crippen LogP contribution in [-0.2, 0) is 13.5 Å². The Hall–Kier alpha value is -2.98. The van der Waals surface area contributed by atoms with E-state index in [9.17, 15) is 0 Å². The molecule has 0 unspecified atom stereocenters. The topological polar surface area (TPSA) is 20.5 Å². The highest BCUT2D eigenvalue weighted by Crippen LogP contribution is 2.38. The largest absolute Gasteiger partial charge is 0.350 e. The van der Waals surface area contributed by atoms with Crippen LogP contribution in [0.2, 0.25) is 0 Å². The second-order valence-electron chi connectivity index (χ2n) is 7.85. The summed E-state index contributed by atoms with van der Waals surface area (Å²) >= 11 is 1.75. The molecule has 4 aromatic rings. The van der Waals surface area contributed by atoms with E-state index in [-0.39, 0.29) is 0 Å². The summed E-state index contributed by atoms with van der Waals surface area (Å²) in [6, 6.07) is 24.2. The van der Waals surface area contributed by atoms with Crippen molar-refractivity contribution in [2.24, 2.45) is 12.0 Å². The van der Waals surface area contributed by atoms with Gasteiger partial charge in [0.05, 0.1) is 11.7 Å². The van der Waals surface area contributed by atoms with E-state index in [1.165, 1.54) is 38.5 Å². The normalized spacial score (nSPS) is 18.4. The monoisotopic (exact) mass is 395 g/mol. The number of amidine groups is 1. The van der Waals surface area contributed by atoms with Gasteiger partial charge in [-0.05, 0) is 40.5 Å². The molecule has 6 rings (SSSR count). The highest BCUT2D eigenvalue weighted by molar-refractivity contribution is 8.16. The first-order valence-electron chi connectivity index (χ1n) is 10.0. The van der Waals surface area contributed by atoms with Gasteiger partial charge in [0.15, 0.2) is 5.17 Å². The van der Waals surface area contributed by atoms with Crippen LogP contribution >= 0.6 is 11.8 Å². The third-order valence-electron chi connectivity index (χ3n) is 5.96. The summed E-state index contributed by atoms with van der Waals surface area (Å²) in [6.45, 7) is 0.949. The summed E-state index contributed by atoms with van der Waals surface area (Å²) in [5, 5.41) is 7.30. The molecule has 0 bridgehead atoms. The molecule has 1 aromatic heterocycles. The third-order valence-corrected chi connectivity index (χ3v) is 6.84. The lowest BCUT2D eigenvalue weighted by Crippen LogP contribution is -2.24. The van der Waals surface area contributed by atoms with E-state index in [1.807, 2.05) is 0 Å². The molecular weight excluding hydrogens is 374 g/mol. The number of aryl methyl sites for hydroxylation is 1. The molecule has 0 N–H and O–H groups in total. The Morgan fingerprint density at radius 2 is 1.83 bits per heavy atom. The lowest BCUT2D eigenvalue weighted by atomic mass is 10.0. The minimum atomic E-state index is 0.299. The SMILES string of the molecule is Cn1cc(C[C@@H]2CN3C(c4ccc5ccccc5c4)=CSC3=N2)c2ccccc21. The van der Waals surface area contributed by atoms with Crippen LogP contribution in [0.15, 0.2) is 83.3 Å². The van der Waals surface area contributed by atoms with Crippen LogP contribution in [0.25, 0.3) is 27.4 Å². The molecule has 29 heavy (non-hydrogen) atoms. The molecule has 142 valence electrons. The first-order valence-corrected chi connectivity index (χ1v) is 10.9. The molecule has 0 spiro atoms. The molecule has 1 atom stereocenters. The Labute approximate surface area is 174 Å². The molecule has 0 fully saturated rings. The van der Waals surface area contributed by atoms with Gasteiger partial charge in [-0.2, -0.15) is 0 Å². The number of aromatic nitrogens is 1. The maximum atomic E-state index is 5.04. The number of thioether (sulfide) groups is 1. The molecule has 2 aliphatic heterocycles. The number of para-hydroxylation sites is 1. The summed E-state index contributed by atoms with van der Waals surface area (Å²) in [5.41, 5.74) is 5.23. The molecule has 4 heteroatoms. The Bertz CT molecular complexity index is 1310. The minimum absolute atomic E-state index is 0.299. The summed E-state index contributed by atoms with van der Waals surface area (Å²) in [4.78, 5) is 7.44. The lowest BCUT2D eigenvalue weighted by molar-refractivity contribution is 0.558. The highest BCUT2D eigenvalue weighted by atomic mass is 32.2. The zero-order valence-electron chi connectivity index (χ0n) is 16.2. The maximum absolute atomic E-state index is 5.04. The summed E-state index contributed by atoms with van der Waals surface area (Å²) in [7, 11) is 2.13. The Morgan fingerprint density at radius 1 is 1.00 bits per heavy atom. The van der Waals surface area contributed by atoms with E-state index in [0.29, 0.717) is 6.04 Å². The molecule has 0 radical (unpaired) electrons.